The van der Waals surface area contributed by atoms with Crippen molar-refractivity contribution >= 4 is 35.4 Å². The number of halogens is 1. The van der Waals surface area contributed by atoms with E-state index in [0.717, 1.165) is 4.90 Å². The molecule has 0 fully saturated rings. The van der Waals surface area contributed by atoms with Gasteiger partial charge in [0.2, 0.25) is 5.96 Å². The molecular weight excluding hydrogens is 346 g/mol. The van der Waals surface area contributed by atoms with Gasteiger partial charge in [0.1, 0.15) is 11.2 Å². The van der Waals surface area contributed by atoms with E-state index in [9.17, 15) is 9.59 Å². The van der Waals surface area contributed by atoms with E-state index in [1.54, 1.807) is 53.7 Å². The van der Waals surface area contributed by atoms with Crippen molar-refractivity contribution in [1.82, 2.24) is 5.32 Å². The first kappa shape index (κ1) is 20.8. The molecule has 1 aromatic carbocycles. The first-order valence-electron chi connectivity index (χ1n) is 7.66. The van der Waals surface area contributed by atoms with Crippen LogP contribution >= 0.6 is 11.6 Å². The lowest BCUT2D eigenvalue weighted by molar-refractivity contribution is 0.0559. The van der Waals surface area contributed by atoms with E-state index in [4.69, 9.17) is 26.5 Å². The topological polar surface area (TPSA) is 91.7 Å². The molecular formula is C17H24ClN3O4. The van der Waals surface area contributed by atoms with Crippen molar-refractivity contribution in [2.75, 3.05) is 4.90 Å². The summed E-state index contributed by atoms with van der Waals surface area (Å²) < 4.78 is 10.4. The Morgan fingerprint density at radius 2 is 1.48 bits per heavy atom. The highest BCUT2D eigenvalue weighted by Crippen LogP contribution is 2.21. The molecule has 2 amide bonds. The fraction of sp³-hybridized carbons (Fsp3) is 0.471. The van der Waals surface area contributed by atoms with Gasteiger partial charge in [-0.05, 0) is 65.8 Å². The van der Waals surface area contributed by atoms with Crippen molar-refractivity contribution in [2.24, 2.45) is 0 Å². The van der Waals surface area contributed by atoms with Gasteiger partial charge in [-0.25, -0.2) is 14.5 Å². The van der Waals surface area contributed by atoms with Crippen LogP contribution < -0.4 is 10.2 Å². The Morgan fingerprint density at radius 3 is 1.92 bits per heavy atom. The highest BCUT2D eigenvalue weighted by molar-refractivity contribution is 6.30. The van der Waals surface area contributed by atoms with Crippen molar-refractivity contribution in [3.8, 4) is 0 Å². The number of rotatable bonds is 1. The van der Waals surface area contributed by atoms with E-state index < -0.39 is 29.3 Å². The van der Waals surface area contributed by atoms with E-state index in [0.29, 0.717) is 10.7 Å². The molecule has 0 aliphatic heterocycles. The Morgan fingerprint density at radius 1 is 1.00 bits per heavy atom. The van der Waals surface area contributed by atoms with Crippen LogP contribution in [0.25, 0.3) is 0 Å². The average molecular weight is 370 g/mol. The molecule has 0 atom stereocenters. The number of benzene rings is 1. The predicted octanol–water partition coefficient (Wildman–Crippen LogP) is 4.54. The van der Waals surface area contributed by atoms with Crippen LogP contribution in [0.3, 0.4) is 0 Å². The molecule has 1 rings (SSSR count). The zero-order chi connectivity index (χ0) is 19.4. The SMILES string of the molecule is CC(C)(C)OC(=O)NC(=N)N(C(=O)OC(C)(C)C)c1ccc(Cl)cc1. The van der Waals surface area contributed by atoms with Crippen molar-refractivity contribution in [3.63, 3.8) is 0 Å². The lowest BCUT2D eigenvalue weighted by Crippen LogP contribution is -2.49. The summed E-state index contributed by atoms with van der Waals surface area (Å²) in [5.41, 5.74) is -1.19. The van der Waals surface area contributed by atoms with Crippen molar-refractivity contribution in [2.45, 2.75) is 52.7 Å². The number of hydrogen-bond acceptors (Lipinski definition) is 5. The van der Waals surface area contributed by atoms with Crippen LogP contribution in [0.15, 0.2) is 24.3 Å². The average Bonchev–Trinajstić information content (AvgIpc) is 2.36. The van der Waals surface area contributed by atoms with Crippen LogP contribution in [0.2, 0.25) is 5.02 Å². The summed E-state index contributed by atoms with van der Waals surface area (Å²) in [5.74, 6) is -0.495. The number of carbonyl (C=O) groups excluding carboxylic acids is 2. The Kier molecular flexibility index (Phi) is 6.42. The van der Waals surface area contributed by atoms with Crippen LogP contribution in [0.5, 0.6) is 0 Å². The predicted molar refractivity (Wildman–Crippen MR) is 97.3 cm³/mol. The molecule has 0 heterocycles. The van der Waals surface area contributed by atoms with E-state index >= 15 is 0 Å². The van der Waals surface area contributed by atoms with Crippen LogP contribution in [0, 0.1) is 5.41 Å². The normalized spacial score (nSPS) is 11.5. The third kappa shape index (κ3) is 7.43. The highest BCUT2D eigenvalue weighted by Gasteiger charge is 2.28. The van der Waals surface area contributed by atoms with Crippen molar-refractivity contribution < 1.29 is 19.1 Å². The van der Waals surface area contributed by atoms with Crippen LogP contribution in [0.4, 0.5) is 15.3 Å². The molecule has 25 heavy (non-hydrogen) atoms. The number of hydrogen-bond donors (Lipinski definition) is 2. The molecule has 0 bridgehead atoms. The smallest absolute Gasteiger partial charge is 0.421 e. The van der Waals surface area contributed by atoms with E-state index in [2.05, 4.69) is 5.32 Å². The summed E-state index contributed by atoms with van der Waals surface area (Å²) in [6.45, 7) is 10.2. The summed E-state index contributed by atoms with van der Waals surface area (Å²) in [4.78, 5) is 25.3. The van der Waals surface area contributed by atoms with Crippen LogP contribution in [0.1, 0.15) is 41.5 Å². The van der Waals surface area contributed by atoms with E-state index in [-0.39, 0.29) is 0 Å². The molecule has 0 aliphatic carbocycles. The fourth-order valence-corrected chi connectivity index (χ4v) is 1.81. The monoisotopic (exact) mass is 369 g/mol. The summed E-state index contributed by atoms with van der Waals surface area (Å²) in [7, 11) is 0. The van der Waals surface area contributed by atoms with E-state index in [1.807, 2.05) is 0 Å². The van der Waals surface area contributed by atoms with Crippen molar-refractivity contribution in [1.29, 1.82) is 5.41 Å². The molecule has 0 saturated carbocycles. The Bertz CT molecular complexity index is 645. The molecule has 0 saturated heterocycles. The van der Waals surface area contributed by atoms with Gasteiger partial charge in [0.05, 0.1) is 5.69 Å². The molecule has 2 N–H and O–H groups in total. The van der Waals surface area contributed by atoms with Gasteiger partial charge in [0.25, 0.3) is 0 Å². The minimum Gasteiger partial charge on any atom is -0.444 e. The van der Waals surface area contributed by atoms with Gasteiger partial charge >= 0.3 is 12.2 Å². The maximum atomic E-state index is 12.5. The lowest BCUT2D eigenvalue weighted by atomic mass is 10.2. The minimum absolute atomic E-state index is 0.319. The number of anilines is 1. The zero-order valence-corrected chi connectivity index (χ0v) is 16.0. The highest BCUT2D eigenvalue weighted by atomic mass is 35.5. The van der Waals surface area contributed by atoms with Gasteiger partial charge in [-0.3, -0.25) is 10.7 Å². The second kappa shape index (κ2) is 7.74. The number of amides is 2. The van der Waals surface area contributed by atoms with Crippen LogP contribution in [-0.2, 0) is 9.47 Å². The molecule has 0 aromatic heterocycles. The van der Waals surface area contributed by atoms with Gasteiger partial charge < -0.3 is 9.47 Å². The molecule has 138 valence electrons. The Balaban J connectivity index is 3.05. The van der Waals surface area contributed by atoms with Gasteiger partial charge in [-0.15, -0.1) is 0 Å². The first-order valence-corrected chi connectivity index (χ1v) is 8.03. The third-order valence-electron chi connectivity index (χ3n) is 2.50. The first-order chi connectivity index (χ1) is 11.3. The number of nitrogens with zero attached hydrogens (tertiary/aromatic N) is 1. The van der Waals surface area contributed by atoms with Crippen LogP contribution in [-0.4, -0.2) is 29.3 Å². The van der Waals surface area contributed by atoms with Gasteiger partial charge in [-0.1, -0.05) is 11.6 Å². The number of guanidine groups is 1. The second-order valence-corrected chi connectivity index (χ2v) is 7.70. The molecule has 0 aliphatic rings. The maximum Gasteiger partial charge on any atom is 0.421 e. The Labute approximate surface area is 152 Å². The number of carbonyl (C=O) groups is 2. The minimum atomic E-state index is -0.847. The summed E-state index contributed by atoms with van der Waals surface area (Å²) in [6, 6.07) is 6.21. The fourth-order valence-electron chi connectivity index (χ4n) is 1.68. The maximum absolute atomic E-state index is 12.5. The lowest BCUT2D eigenvalue weighted by Gasteiger charge is -2.28. The molecule has 8 heteroatoms. The molecule has 1 aromatic rings. The largest absolute Gasteiger partial charge is 0.444 e. The standard InChI is InChI=1S/C17H24ClN3O4/c1-16(2,3)24-14(22)20-13(19)21(15(23)25-17(4,5)6)12-9-7-11(18)8-10-12/h7-10H,1-6H3,(H2,19,20,22). The summed E-state index contributed by atoms with van der Waals surface area (Å²) in [6.07, 6.45) is -1.66. The van der Waals surface area contributed by atoms with Gasteiger partial charge in [0.15, 0.2) is 0 Å². The summed E-state index contributed by atoms with van der Waals surface area (Å²) >= 11 is 5.86. The van der Waals surface area contributed by atoms with E-state index in [1.165, 1.54) is 12.1 Å². The number of nitrogens with one attached hydrogen (secondary N) is 2. The molecule has 0 unspecified atom stereocenters. The molecule has 0 spiro atoms. The molecule has 0 radical (unpaired) electrons. The van der Waals surface area contributed by atoms with Gasteiger partial charge in [-0.2, -0.15) is 0 Å². The van der Waals surface area contributed by atoms with Crippen molar-refractivity contribution in [3.05, 3.63) is 29.3 Å². The number of alkyl carbamates (subject to hydrolysis) is 1. The van der Waals surface area contributed by atoms with Gasteiger partial charge in [0, 0.05) is 5.02 Å². The molecule has 7 nitrogen and oxygen atoms in total. The number of ether oxygens (including phenoxy) is 2. The Hall–Kier alpha value is -2.28. The summed E-state index contributed by atoms with van der Waals surface area (Å²) in [5, 5.41) is 10.8. The zero-order valence-electron chi connectivity index (χ0n) is 15.3. The second-order valence-electron chi connectivity index (χ2n) is 7.27. The third-order valence-corrected chi connectivity index (χ3v) is 2.76. The quantitative estimate of drug-likeness (QED) is 0.561.